The highest BCUT2D eigenvalue weighted by Gasteiger charge is 2.25. The molecule has 0 bridgehead atoms. The van der Waals surface area contributed by atoms with Gasteiger partial charge < -0.3 is 15.0 Å². The molecule has 1 aromatic rings. The van der Waals surface area contributed by atoms with Crippen LogP contribution in [0.4, 0.5) is 5.82 Å². The number of morpholine rings is 1. The van der Waals surface area contributed by atoms with Crippen molar-refractivity contribution in [2.75, 3.05) is 31.6 Å². The molecular weight excluding hydrogens is 242 g/mol. The summed E-state index contributed by atoms with van der Waals surface area (Å²) in [6.45, 7) is 6.78. The predicted molar refractivity (Wildman–Crippen MR) is 74.3 cm³/mol. The number of carbonyl (C=O) groups is 1. The Morgan fingerprint density at radius 1 is 1.58 bits per heavy atom. The molecular formula is C14H21N3O2. The van der Waals surface area contributed by atoms with Crippen molar-refractivity contribution < 1.29 is 9.53 Å². The second-order valence-corrected chi connectivity index (χ2v) is 4.76. The molecule has 1 fully saturated rings. The molecule has 1 saturated heterocycles. The second-order valence-electron chi connectivity index (χ2n) is 4.76. The Kier molecular flexibility index (Phi) is 4.74. The van der Waals surface area contributed by atoms with Crippen LogP contribution in [0.15, 0.2) is 18.2 Å². The molecule has 1 unspecified atom stereocenters. The molecule has 1 amide bonds. The SMILES string of the molecule is CCCNc1cccc(C(=O)N2CCOCC2C)n1. The number of pyridine rings is 1. The van der Waals surface area contributed by atoms with E-state index < -0.39 is 0 Å². The van der Waals surface area contributed by atoms with E-state index in [2.05, 4.69) is 17.2 Å². The lowest BCUT2D eigenvalue weighted by molar-refractivity contribution is 0.00328. The fraction of sp³-hybridized carbons (Fsp3) is 0.571. The lowest BCUT2D eigenvalue weighted by atomic mass is 10.2. The first-order valence-electron chi connectivity index (χ1n) is 6.82. The number of carbonyl (C=O) groups excluding carboxylic acids is 1. The van der Waals surface area contributed by atoms with E-state index >= 15 is 0 Å². The third-order valence-electron chi connectivity index (χ3n) is 3.15. The molecule has 104 valence electrons. The third-order valence-corrected chi connectivity index (χ3v) is 3.15. The number of nitrogens with zero attached hydrogens (tertiary/aromatic N) is 2. The fourth-order valence-electron chi connectivity index (χ4n) is 2.08. The number of amides is 1. The first-order chi connectivity index (χ1) is 9.22. The van der Waals surface area contributed by atoms with Gasteiger partial charge in [0.2, 0.25) is 0 Å². The molecule has 1 aliphatic rings. The van der Waals surface area contributed by atoms with Crippen LogP contribution in [0, 0.1) is 0 Å². The van der Waals surface area contributed by atoms with Crippen molar-refractivity contribution in [3.05, 3.63) is 23.9 Å². The molecule has 5 nitrogen and oxygen atoms in total. The highest BCUT2D eigenvalue weighted by molar-refractivity contribution is 5.93. The van der Waals surface area contributed by atoms with Gasteiger partial charge in [0.25, 0.3) is 5.91 Å². The van der Waals surface area contributed by atoms with E-state index in [1.165, 1.54) is 0 Å². The predicted octanol–water partition coefficient (Wildman–Crippen LogP) is 1.76. The first kappa shape index (κ1) is 13.8. The Bertz CT molecular complexity index is 436. The summed E-state index contributed by atoms with van der Waals surface area (Å²) in [5.41, 5.74) is 0.495. The van der Waals surface area contributed by atoms with Crippen LogP contribution >= 0.6 is 0 Å². The molecule has 19 heavy (non-hydrogen) atoms. The molecule has 1 aromatic heterocycles. The average molecular weight is 263 g/mol. The summed E-state index contributed by atoms with van der Waals surface area (Å²) in [5, 5.41) is 3.20. The molecule has 2 rings (SSSR count). The number of rotatable bonds is 4. The minimum atomic E-state index is -0.0176. The van der Waals surface area contributed by atoms with Crippen molar-refractivity contribution in [2.24, 2.45) is 0 Å². The Morgan fingerprint density at radius 3 is 3.16 bits per heavy atom. The van der Waals surface area contributed by atoms with Crippen molar-refractivity contribution >= 4 is 11.7 Å². The van der Waals surface area contributed by atoms with Crippen LogP contribution < -0.4 is 5.32 Å². The topological polar surface area (TPSA) is 54.5 Å². The molecule has 0 radical (unpaired) electrons. The maximum atomic E-state index is 12.4. The van der Waals surface area contributed by atoms with Gasteiger partial charge in [-0.25, -0.2) is 4.98 Å². The van der Waals surface area contributed by atoms with E-state index in [1.807, 2.05) is 24.0 Å². The maximum Gasteiger partial charge on any atom is 0.272 e. The van der Waals surface area contributed by atoms with Crippen molar-refractivity contribution in [3.8, 4) is 0 Å². The van der Waals surface area contributed by atoms with Crippen molar-refractivity contribution in [1.82, 2.24) is 9.88 Å². The number of ether oxygens (including phenoxy) is 1. The largest absolute Gasteiger partial charge is 0.377 e. The van der Waals surface area contributed by atoms with Gasteiger partial charge in [-0.05, 0) is 25.5 Å². The summed E-state index contributed by atoms with van der Waals surface area (Å²) >= 11 is 0. The van der Waals surface area contributed by atoms with E-state index in [0.29, 0.717) is 25.5 Å². The van der Waals surface area contributed by atoms with Gasteiger partial charge in [-0.15, -0.1) is 0 Å². The summed E-state index contributed by atoms with van der Waals surface area (Å²) in [4.78, 5) is 18.6. The summed E-state index contributed by atoms with van der Waals surface area (Å²) in [6, 6.07) is 5.62. The summed E-state index contributed by atoms with van der Waals surface area (Å²) in [6.07, 6.45) is 1.03. The number of anilines is 1. The number of aromatic nitrogens is 1. The van der Waals surface area contributed by atoms with E-state index in [0.717, 1.165) is 18.8 Å². The Hall–Kier alpha value is -1.62. The molecule has 5 heteroatoms. The highest BCUT2D eigenvalue weighted by atomic mass is 16.5. The van der Waals surface area contributed by atoms with Gasteiger partial charge >= 0.3 is 0 Å². The van der Waals surface area contributed by atoms with E-state index in [9.17, 15) is 4.79 Å². The average Bonchev–Trinajstić information content (AvgIpc) is 2.45. The third kappa shape index (κ3) is 3.44. The van der Waals surface area contributed by atoms with Gasteiger partial charge in [0.15, 0.2) is 0 Å². The van der Waals surface area contributed by atoms with Crippen LogP contribution in [0.25, 0.3) is 0 Å². The van der Waals surface area contributed by atoms with Gasteiger partial charge in [-0.3, -0.25) is 4.79 Å². The molecule has 0 saturated carbocycles. The normalized spacial score (nSPS) is 19.3. The molecule has 0 aliphatic carbocycles. The molecule has 1 aliphatic heterocycles. The number of nitrogens with one attached hydrogen (secondary N) is 1. The fourth-order valence-corrected chi connectivity index (χ4v) is 2.08. The van der Waals surface area contributed by atoms with Crippen LogP contribution in [0.1, 0.15) is 30.8 Å². The zero-order chi connectivity index (χ0) is 13.7. The maximum absolute atomic E-state index is 12.4. The lowest BCUT2D eigenvalue weighted by Gasteiger charge is -2.33. The minimum absolute atomic E-state index is 0.0176. The van der Waals surface area contributed by atoms with Gasteiger partial charge in [-0.2, -0.15) is 0 Å². The first-order valence-corrected chi connectivity index (χ1v) is 6.82. The number of hydrogen-bond donors (Lipinski definition) is 1. The zero-order valence-electron chi connectivity index (χ0n) is 11.6. The Labute approximate surface area is 114 Å². The molecule has 0 spiro atoms. The second kappa shape index (κ2) is 6.52. The molecule has 0 aromatic carbocycles. The highest BCUT2D eigenvalue weighted by Crippen LogP contribution is 2.12. The van der Waals surface area contributed by atoms with Crippen molar-refractivity contribution in [3.63, 3.8) is 0 Å². The molecule has 1 atom stereocenters. The Morgan fingerprint density at radius 2 is 2.42 bits per heavy atom. The molecule has 1 N–H and O–H groups in total. The lowest BCUT2D eigenvalue weighted by Crippen LogP contribution is -2.47. The summed E-state index contributed by atoms with van der Waals surface area (Å²) < 4.78 is 5.35. The van der Waals surface area contributed by atoms with Gasteiger partial charge in [0, 0.05) is 13.1 Å². The monoisotopic (exact) mass is 263 g/mol. The van der Waals surface area contributed by atoms with E-state index in [1.54, 1.807) is 6.07 Å². The summed E-state index contributed by atoms with van der Waals surface area (Å²) in [7, 11) is 0. The van der Waals surface area contributed by atoms with Crippen molar-refractivity contribution in [2.45, 2.75) is 26.3 Å². The van der Waals surface area contributed by atoms with Crippen molar-refractivity contribution in [1.29, 1.82) is 0 Å². The van der Waals surface area contributed by atoms with Crippen LogP contribution in [0.5, 0.6) is 0 Å². The van der Waals surface area contributed by atoms with Crippen LogP contribution in [0.3, 0.4) is 0 Å². The van der Waals surface area contributed by atoms with Gasteiger partial charge in [0.1, 0.15) is 11.5 Å². The van der Waals surface area contributed by atoms with E-state index in [-0.39, 0.29) is 11.9 Å². The number of hydrogen-bond acceptors (Lipinski definition) is 4. The van der Waals surface area contributed by atoms with Crippen LogP contribution in [0.2, 0.25) is 0 Å². The van der Waals surface area contributed by atoms with Crippen LogP contribution in [-0.4, -0.2) is 48.1 Å². The summed E-state index contributed by atoms with van der Waals surface area (Å²) in [5.74, 6) is 0.740. The minimum Gasteiger partial charge on any atom is -0.377 e. The smallest absolute Gasteiger partial charge is 0.272 e. The van der Waals surface area contributed by atoms with E-state index in [4.69, 9.17) is 4.74 Å². The van der Waals surface area contributed by atoms with Crippen LogP contribution in [-0.2, 0) is 4.74 Å². The van der Waals surface area contributed by atoms with Gasteiger partial charge in [0.05, 0.1) is 19.3 Å². The standard InChI is InChI=1S/C14H21N3O2/c1-3-7-15-13-6-4-5-12(16-13)14(18)17-8-9-19-10-11(17)2/h4-6,11H,3,7-10H2,1-2H3,(H,15,16). The molecule has 2 heterocycles. The quantitative estimate of drug-likeness (QED) is 0.899. The Balaban J connectivity index is 2.09. The van der Waals surface area contributed by atoms with Gasteiger partial charge in [-0.1, -0.05) is 13.0 Å². The zero-order valence-corrected chi connectivity index (χ0v) is 11.6.